The smallest absolute Gasteiger partial charge is 0.193 e. The molecule has 0 amide bonds. The molecule has 6 nitrogen and oxygen atoms in total. The first-order chi connectivity index (χ1) is 14.7. The summed E-state index contributed by atoms with van der Waals surface area (Å²) in [6.45, 7) is 6.51. The Morgan fingerprint density at radius 1 is 1.13 bits per heavy atom. The fraction of sp³-hybridized carbons (Fsp3) is 0.708. The van der Waals surface area contributed by atoms with Crippen LogP contribution in [0.5, 0.6) is 0 Å². The van der Waals surface area contributed by atoms with Crippen LogP contribution in [0.15, 0.2) is 35.3 Å². The Morgan fingerprint density at radius 3 is 2.60 bits per heavy atom. The minimum atomic E-state index is 0.117. The molecule has 1 saturated carbocycles. The third-order valence-corrected chi connectivity index (χ3v) is 6.95. The van der Waals surface area contributed by atoms with E-state index in [0.717, 1.165) is 51.6 Å². The molecule has 1 aromatic rings. The Kier molecular flexibility index (Phi) is 7.28. The summed E-state index contributed by atoms with van der Waals surface area (Å²) in [7, 11) is 1.89. The van der Waals surface area contributed by atoms with Crippen LogP contribution in [0.4, 0.5) is 0 Å². The van der Waals surface area contributed by atoms with Gasteiger partial charge < -0.3 is 25.0 Å². The molecular formula is C24H38N4O2. The van der Waals surface area contributed by atoms with Crippen molar-refractivity contribution in [1.82, 2.24) is 15.5 Å². The second kappa shape index (κ2) is 10.1. The van der Waals surface area contributed by atoms with E-state index in [1.807, 2.05) is 7.05 Å². The number of nitrogens with zero attached hydrogens (tertiary/aromatic N) is 2. The first-order valence-corrected chi connectivity index (χ1v) is 11.7. The van der Waals surface area contributed by atoms with E-state index in [-0.39, 0.29) is 17.7 Å². The Hall–Kier alpha value is -1.63. The monoisotopic (exact) mass is 414 g/mol. The molecule has 0 bridgehead atoms. The zero-order valence-corrected chi connectivity index (χ0v) is 18.6. The molecule has 1 aromatic carbocycles. The summed E-state index contributed by atoms with van der Waals surface area (Å²) in [5, 5.41) is 7.67. The van der Waals surface area contributed by atoms with E-state index in [0.29, 0.717) is 6.04 Å². The summed E-state index contributed by atoms with van der Waals surface area (Å²) in [6, 6.07) is 11.1. The number of ether oxygens (including phenoxy) is 2. The molecule has 4 rings (SSSR count). The van der Waals surface area contributed by atoms with Gasteiger partial charge in [-0.2, -0.15) is 0 Å². The first kappa shape index (κ1) is 21.6. The molecule has 3 aliphatic rings. The summed E-state index contributed by atoms with van der Waals surface area (Å²) in [6.07, 6.45) is 7.61. The van der Waals surface area contributed by atoms with E-state index in [4.69, 9.17) is 9.47 Å². The summed E-state index contributed by atoms with van der Waals surface area (Å²) in [4.78, 5) is 6.96. The van der Waals surface area contributed by atoms with Crippen LogP contribution in [-0.4, -0.2) is 68.5 Å². The van der Waals surface area contributed by atoms with Gasteiger partial charge in [0.1, 0.15) is 6.10 Å². The predicted molar refractivity (Wildman–Crippen MR) is 121 cm³/mol. The lowest BCUT2D eigenvalue weighted by molar-refractivity contribution is -0.0817. The zero-order valence-electron chi connectivity index (χ0n) is 18.6. The van der Waals surface area contributed by atoms with Gasteiger partial charge in [0.2, 0.25) is 0 Å². The van der Waals surface area contributed by atoms with Crippen LogP contribution >= 0.6 is 0 Å². The van der Waals surface area contributed by atoms with Gasteiger partial charge in [-0.15, -0.1) is 0 Å². The number of aliphatic imine (C=N–C) groups is 1. The van der Waals surface area contributed by atoms with E-state index in [2.05, 4.69) is 57.8 Å². The van der Waals surface area contributed by atoms with E-state index in [1.54, 1.807) is 0 Å². The summed E-state index contributed by atoms with van der Waals surface area (Å²) < 4.78 is 11.9. The molecule has 3 unspecified atom stereocenters. The topological polar surface area (TPSA) is 58.1 Å². The van der Waals surface area contributed by atoms with E-state index >= 15 is 0 Å². The first-order valence-electron chi connectivity index (χ1n) is 11.7. The number of guanidine groups is 1. The lowest BCUT2D eigenvalue weighted by Gasteiger charge is -2.39. The Labute approximate surface area is 181 Å². The van der Waals surface area contributed by atoms with Gasteiger partial charge in [-0.1, -0.05) is 43.2 Å². The molecule has 2 saturated heterocycles. The van der Waals surface area contributed by atoms with Crippen molar-refractivity contribution in [3.63, 3.8) is 0 Å². The predicted octanol–water partition coefficient (Wildman–Crippen LogP) is 3.11. The minimum absolute atomic E-state index is 0.117. The number of rotatable bonds is 6. The number of hydrogen-bond acceptors (Lipinski definition) is 4. The quantitative estimate of drug-likeness (QED) is 0.553. The zero-order chi connectivity index (χ0) is 20.8. The molecule has 1 aliphatic carbocycles. The van der Waals surface area contributed by atoms with Crippen LogP contribution in [0, 0.1) is 0 Å². The Bertz CT molecular complexity index is 684. The summed E-state index contributed by atoms with van der Waals surface area (Å²) in [5.74, 6) is 0.988. The van der Waals surface area contributed by atoms with Gasteiger partial charge in [0.15, 0.2) is 5.96 Å². The molecular weight excluding hydrogens is 376 g/mol. The fourth-order valence-corrected chi connectivity index (χ4v) is 5.28. The molecule has 2 N–H and O–H groups in total. The summed E-state index contributed by atoms with van der Waals surface area (Å²) in [5.41, 5.74) is 1.46. The van der Waals surface area contributed by atoms with Gasteiger partial charge in [0, 0.05) is 44.9 Å². The van der Waals surface area contributed by atoms with Gasteiger partial charge in [-0.25, -0.2) is 0 Å². The van der Waals surface area contributed by atoms with Crippen molar-refractivity contribution in [2.75, 3.05) is 39.9 Å². The molecule has 30 heavy (non-hydrogen) atoms. The molecule has 0 radical (unpaired) electrons. The van der Waals surface area contributed by atoms with Crippen LogP contribution in [0.25, 0.3) is 0 Å². The van der Waals surface area contributed by atoms with Crippen molar-refractivity contribution in [1.29, 1.82) is 0 Å². The number of hydrogen-bond donors (Lipinski definition) is 2. The van der Waals surface area contributed by atoms with Crippen molar-refractivity contribution in [2.45, 2.75) is 69.2 Å². The van der Waals surface area contributed by atoms with Crippen LogP contribution < -0.4 is 10.6 Å². The van der Waals surface area contributed by atoms with Crippen molar-refractivity contribution in [2.24, 2.45) is 4.99 Å². The standard InChI is InChI=1S/C24H38N4O2/c1-19(20-9-4-3-5-10-20)27-24(12-6-7-13-24)18-26-23(25-2)28-14-16-30-22(17-28)21-11-8-15-29-21/h3-5,9-10,19,21-22,27H,6-8,11-18H2,1-2H3,(H,25,26). The average molecular weight is 415 g/mol. The van der Waals surface area contributed by atoms with Crippen LogP contribution in [0.2, 0.25) is 0 Å². The summed E-state index contributed by atoms with van der Waals surface area (Å²) >= 11 is 0. The highest BCUT2D eigenvalue weighted by Gasteiger charge is 2.36. The van der Waals surface area contributed by atoms with Crippen molar-refractivity contribution >= 4 is 5.96 Å². The highest BCUT2D eigenvalue weighted by atomic mass is 16.5. The highest BCUT2D eigenvalue weighted by Crippen LogP contribution is 2.32. The van der Waals surface area contributed by atoms with Crippen molar-refractivity contribution < 1.29 is 9.47 Å². The lowest BCUT2D eigenvalue weighted by atomic mass is 9.94. The molecule has 0 spiro atoms. The maximum Gasteiger partial charge on any atom is 0.193 e. The van der Waals surface area contributed by atoms with Crippen LogP contribution in [0.1, 0.15) is 57.1 Å². The van der Waals surface area contributed by atoms with Crippen LogP contribution in [-0.2, 0) is 9.47 Å². The molecule has 3 fully saturated rings. The minimum Gasteiger partial charge on any atom is -0.375 e. The van der Waals surface area contributed by atoms with Gasteiger partial charge >= 0.3 is 0 Å². The largest absolute Gasteiger partial charge is 0.375 e. The maximum atomic E-state index is 6.02. The lowest BCUT2D eigenvalue weighted by Crippen LogP contribution is -2.57. The third kappa shape index (κ3) is 5.16. The normalized spacial score (nSPS) is 27.9. The second-order valence-corrected chi connectivity index (χ2v) is 9.07. The molecule has 6 heteroatoms. The van der Waals surface area contributed by atoms with Gasteiger partial charge in [0.25, 0.3) is 0 Å². The van der Waals surface area contributed by atoms with Crippen molar-refractivity contribution in [3.05, 3.63) is 35.9 Å². The molecule has 2 aliphatic heterocycles. The van der Waals surface area contributed by atoms with E-state index in [1.165, 1.54) is 31.2 Å². The highest BCUT2D eigenvalue weighted by molar-refractivity contribution is 5.80. The Balaban J connectivity index is 1.36. The number of nitrogens with one attached hydrogen (secondary N) is 2. The van der Waals surface area contributed by atoms with Gasteiger partial charge in [0.05, 0.1) is 12.7 Å². The molecule has 166 valence electrons. The number of morpholine rings is 1. The molecule has 3 atom stereocenters. The second-order valence-electron chi connectivity index (χ2n) is 9.07. The SMILES string of the molecule is CN=C(NCC1(NC(C)c2ccccc2)CCCC1)N1CCOC(C2CCCO2)C1. The van der Waals surface area contributed by atoms with Gasteiger partial charge in [-0.3, -0.25) is 4.99 Å². The van der Waals surface area contributed by atoms with E-state index < -0.39 is 0 Å². The molecule has 2 heterocycles. The average Bonchev–Trinajstić information content (AvgIpc) is 3.48. The number of benzene rings is 1. The Morgan fingerprint density at radius 2 is 1.90 bits per heavy atom. The fourth-order valence-electron chi connectivity index (χ4n) is 5.28. The molecule has 0 aromatic heterocycles. The maximum absolute atomic E-state index is 6.02. The van der Waals surface area contributed by atoms with Gasteiger partial charge in [-0.05, 0) is 38.2 Å². The van der Waals surface area contributed by atoms with Crippen LogP contribution in [0.3, 0.4) is 0 Å². The van der Waals surface area contributed by atoms with Crippen molar-refractivity contribution in [3.8, 4) is 0 Å². The third-order valence-electron chi connectivity index (χ3n) is 6.95. The van der Waals surface area contributed by atoms with E-state index in [9.17, 15) is 0 Å².